The summed E-state index contributed by atoms with van der Waals surface area (Å²) in [6.45, 7) is 3.41. The number of nitrogens with one attached hydrogen (secondary N) is 1. The minimum atomic E-state index is -0.590. The van der Waals surface area contributed by atoms with Crippen molar-refractivity contribution in [3.05, 3.63) is 70.7 Å². The van der Waals surface area contributed by atoms with Crippen molar-refractivity contribution >= 4 is 17.5 Å². The number of anilines is 1. The molecule has 26 heavy (non-hydrogen) atoms. The van der Waals surface area contributed by atoms with Crippen molar-refractivity contribution in [2.75, 3.05) is 5.32 Å². The molecule has 3 N–H and O–H groups in total. The van der Waals surface area contributed by atoms with Crippen LogP contribution >= 0.6 is 0 Å². The smallest absolute Gasteiger partial charge is 0.260 e. The third-order valence-electron chi connectivity index (χ3n) is 4.01. The topological polar surface area (TPSA) is 114 Å². The molecule has 0 radical (unpaired) electrons. The van der Waals surface area contributed by atoms with Crippen LogP contribution in [0.2, 0.25) is 0 Å². The van der Waals surface area contributed by atoms with Gasteiger partial charge in [-0.15, -0.1) is 0 Å². The van der Waals surface area contributed by atoms with Gasteiger partial charge >= 0.3 is 0 Å². The van der Waals surface area contributed by atoms with E-state index >= 15 is 0 Å². The van der Waals surface area contributed by atoms with E-state index < -0.39 is 11.8 Å². The second kappa shape index (κ2) is 6.61. The molecule has 0 saturated heterocycles. The number of primary amides is 1. The first kappa shape index (κ1) is 17.0. The Hall–Kier alpha value is -3.79. The van der Waals surface area contributed by atoms with E-state index in [1.54, 1.807) is 55.1 Å². The van der Waals surface area contributed by atoms with Crippen molar-refractivity contribution in [2.45, 2.75) is 13.8 Å². The second-order valence-electron chi connectivity index (χ2n) is 5.76. The summed E-state index contributed by atoms with van der Waals surface area (Å²) in [6, 6.07) is 10.4. The third-order valence-corrected chi connectivity index (χ3v) is 4.01. The van der Waals surface area contributed by atoms with E-state index in [2.05, 4.69) is 5.32 Å². The molecule has 0 fully saturated rings. The summed E-state index contributed by atoms with van der Waals surface area (Å²) >= 11 is 0. The van der Waals surface area contributed by atoms with Gasteiger partial charge in [-0.1, -0.05) is 6.07 Å². The number of nitriles is 1. The lowest BCUT2D eigenvalue weighted by molar-refractivity contribution is 0.0996. The molecule has 0 aliphatic carbocycles. The third kappa shape index (κ3) is 2.96. The van der Waals surface area contributed by atoms with Gasteiger partial charge in [-0.2, -0.15) is 5.26 Å². The van der Waals surface area contributed by atoms with Gasteiger partial charge in [0.1, 0.15) is 23.0 Å². The molecular formula is C19H16N4O3. The number of furan rings is 1. The summed E-state index contributed by atoms with van der Waals surface area (Å²) in [5, 5.41) is 12.3. The number of amides is 2. The monoisotopic (exact) mass is 348 g/mol. The van der Waals surface area contributed by atoms with Crippen LogP contribution in [0.4, 0.5) is 5.69 Å². The Bertz CT molecular complexity index is 1040. The van der Waals surface area contributed by atoms with Crippen molar-refractivity contribution in [1.29, 1.82) is 5.26 Å². The highest BCUT2D eigenvalue weighted by molar-refractivity contribution is 6.08. The van der Waals surface area contributed by atoms with Crippen molar-refractivity contribution in [3.63, 3.8) is 0 Å². The lowest BCUT2D eigenvalue weighted by Gasteiger charge is -2.09. The zero-order valence-corrected chi connectivity index (χ0v) is 14.2. The summed E-state index contributed by atoms with van der Waals surface area (Å²) in [5.74, 6) is -0.479. The molecule has 7 nitrogen and oxygen atoms in total. The number of hydrogen-bond donors (Lipinski definition) is 2. The number of nitrogens with zero attached hydrogens (tertiary/aromatic N) is 2. The first-order valence-corrected chi connectivity index (χ1v) is 7.81. The van der Waals surface area contributed by atoms with Crippen LogP contribution < -0.4 is 11.1 Å². The number of aromatic nitrogens is 1. The highest BCUT2D eigenvalue weighted by Gasteiger charge is 2.25. The van der Waals surface area contributed by atoms with Crippen molar-refractivity contribution in [1.82, 2.24) is 4.57 Å². The lowest BCUT2D eigenvalue weighted by atomic mass is 10.1. The minimum absolute atomic E-state index is 0.139. The maximum absolute atomic E-state index is 12.8. The van der Waals surface area contributed by atoms with Gasteiger partial charge in [0.05, 0.1) is 0 Å². The molecule has 3 rings (SSSR count). The maximum atomic E-state index is 12.8. The van der Waals surface area contributed by atoms with Gasteiger partial charge in [-0.25, -0.2) is 0 Å². The average molecular weight is 348 g/mol. The summed E-state index contributed by atoms with van der Waals surface area (Å²) in [6.07, 6.45) is 3.45. The Kier molecular flexibility index (Phi) is 4.33. The molecule has 0 spiro atoms. The molecule has 1 aromatic carbocycles. The molecule has 2 heterocycles. The highest BCUT2D eigenvalue weighted by Crippen LogP contribution is 2.27. The van der Waals surface area contributed by atoms with E-state index in [0.29, 0.717) is 11.4 Å². The van der Waals surface area contributed by atoms with Gasteiger partial charge in [0, 0.05) is 23.6 Å². The predicted molar refractivity (Wildman–Crippen MR) is 95.1 cm³/mol. The summed E-state index contributed by atoms with van der Waals surface area (Å²) in [7, 11) is 0. The Morgan fingerprint density at radius 1 is 1.23 bits per heavy atom. The molecule has 0 aliphatic rings. The van der Waals surface area contributed by atoms with Crippen molar-refractivity contribution in [2.24, 2.45) is 5.73 Å². The van der Waals surface area contributed by atoms with Crippen LogP contribution in [0.25, 0.3) is 5.88 Å². The van der Waals surface area contributed by atoms with E-state index in [1.807, 2.05) is 6.07 Å². The number of benzene rings is 1. The predicted octanol–water partition coefficient (Wildman–Crippen LogP) is 2.91. The van der Waals surface area contributed by atoms with Gasteiger partial charge in [0.2, 0.25) is 11.8 Å². The van der Waals surface area contributed by atoms with Gasteiger partial charge in [-0.3, -0.25) is 14.2 Å². The molecule has 7 heteroatoms. The zero-order chi connectivity index (χ0) is 18.8. The minimum Gasteiger partial charge on any atom is -0.443 e. The molecule has 3 aromatic rings. The fourth-order valence-electron chi connectivity index (χ4n) is 2.65. The van der Waals surface area contributed by atoms with Crippen LogP contribution in [0.3, 0.4) is 0 Å². The molecule has 2 amide bonds. The van der Waals surface area contributed by atoms with Gasteiger partial charge in [0.25, 0.3) is 5.91 Å². The Morgan fingerprint density at radius 3 is 2.54 bits per heavy atom. The normalized spacial score (nSPS) is 10.3. The summed E-state index contributed by atoms with van der Waals surface area (Å²) in [4.78, 5) is 24.1. The molecule has 0 saturated carbocycles. The van der Waals surface area contributed by atoms with E-state index in [-0.39, 0.29) is 22.6 Å². The fraction of sp³-hybridized carbons (Fsp3) is 0.105. The SMILES string of the molecule is Cc1ccc(C(N)=O)cc1NC(=O)c1c(C)oc(-n2cccc2)c1C#N. The Labute approximate surface area is 149 Å². The van der Waals surface area contributed by atoms with E-state index in [1.165, 1.54) is 6.07 Å². The lowest BCUT2D eigenvalue weighted by Crippen LogP contribution is -2.16. The van der Waals surface area contributed by atoms with Crippen LogP contribution in [0.1, 0.15) is 37.6 Å². The second-order valence-corrected chi connectivity index (χ2v) is 5.76. The number of carbonyl (C=O) groups excluding carboxylic acids is 2. The number of nitrogens with two attached hydrogens (primary N) is 1. The van der Waals surface area contributed by atoms with E-state index in [9.17, 15) is 14.9 Å². The number of hydrogen-bond acceptors (Lipinski definition) is 4. The number of aryl methyl sites for hydroxylation is 2. The van der Waals surface area contributed by atoms with Crippen LogP contribution in [0, 0.1) is 25.2 Å². The molecule has 2 aromatic heterocycles. The van der Waals surface area contributed by atoms with Crippen LogP contribution in [-0.2, 0) is 0 Å². The van der Waals surface area contributed by atoms with Crippen molar-refractivity contribution in [3.8, 4) is 12.0 Å². The van der Waals surface area contributed by atoms with Crippen molar-refractivity contribution < 1.29 is 14.0 Å². The van der Waals surface area contributed by atoms with Gasteiger partial charge < -0.3 is 15.5 Å². The number of carbonyl (C=O) groups is 2. The molecule has 0 unspecified atom stereocenters. The summed E-state index contributed by atoms with van der Waals surface area (Å²) in [5.41, 5.74) is 7.06. The number of rotatable bonds is 4. The first-order valence-electron chi connectivity index (χ1n) is 7.81. The largest absolute Gasteiger partial charge is 0.443 e. The summed E-state index contributed by atoms with van der Waals surface area (Å²) < 4.78 is 7.26. The first-order chi connectivity index (χ1) is 12.4. The molecular weight excluding hydrogens is 332 g/mol. The van der Waals surface area contributed by atoms with Gasteiger partial charge in [0.15, 0.2) is 0 Å². The van der Waals surface area contributed by atoms with Crippen LogP contribution in [0.15, 0.2) is 47.1 Å². The molecule has 0 atom stereocenters. The Morgan fingerprint density at radius 2 is 1.92 bits per heavy atom. The fourth-order valence-corrected chi connectivity index (χ4v) is 2.65. The molecule has 130 valence electrons. The van der Waals surface area contributed by atoms with E-state index in [4.69, 9.17) is 10.2 Å². The standard InChI is InChI=1S/C19H16N4O3/c1-11-5-6-13(17(21)24)9-15(11)22-18(25)16-12(2)26-19(14(16)10-20)23-7-3-4-8-23/h3-9H,1-2H3,(H2,21,24)(H,22,25). The molecule has 0 bridgehead atoms. The molecule has 0 aliphatic heterocycles. The van der Waals surface area contributed by atoms with Crippen LogP contribution in [-0.4, -0.2) is 16.4 Å². The van der Waals surface area contributed by atoms with Gasteiger partial charge in [-0.05, 0) is 43.7 Å². The average Bonchev–Trinajstić information content (AvgIpc) is 3.23. The van der Waals surface area contributed by atoms with Crippen LogP contribution in [0.5, 0.6) is 0 Å². The maximum Gasteiger partial charge on any atom is 0.260 e. The Balaban J connectivity index is 2.01. The van der Waals surface area contributed by atoms with E-state index in [0.717, 1.165) is 5.56 Å². The zero-order valence-electron chi connectivity index (χ0n) is 14.2. The highest BCUT2D eigenvalue weighted by atomic mass is 16.4. The quantitative estimate of drug-likeness (QED) is 0.754.